The second kappa shape index (κ2) is 32.5. The van der Waals surface area contributed by atoms with E-state index >= 15 is 0 Å². The van der Waals surface area contributed by atoms with Crippen LogP contribution < -0.4 is 10.6 Å². The first-order chi connectivity index (χ1) is 28.6. The molecule has 0 N–H and O–H groups in total. The Morgan fingerprint density at radius 2 is 0.661 bits per heavy atom. The molecule has 59 heavy (non-hydrogen) atoms. The minimum Gasteiger partial charge on any atom is -0.161 e. The molecule has 0 amide bonds. The van der Waals surface area contributed by atoms with Gasteiger partial charge in [0.25, 0.3) is 0 Å². The van der Waals surface area contributed by atoms with Gasteiger partial charge in [-0.15, -0.1) is 80.7 Å². The summed E-state index contributed by atoms with van der Waals surface area (Å²) in [6.45, 7) is 9.21. The second-order valence-electron chi connectivity index (χ2n) is 16.4. The molecular formula is C56H78P2Zr. The molecule has 3 heteroatoms. The van der Waals surface area contributed by atoms with Crippen LogP contribution in [-0.2, 0) is 39.0 Å². The number of aryl methyl sites for hydroxylation is 2. The third kappa shape index (κ3) is 20.5. The van der Waals surface area contributed by atoms with Gasteiger partial charge in [-0.25, -0.2) is 0 Å². The predicted octanol–water partition coefficient (Wildman–Crippen LogP) is 17.1. The smallest absolute Gasteiger partial charge is 0.161 e. The molecule has 0 spiro atoms. The van der Waals surface area contributed by atoms with Gasteiger partial charge in [-0.05, 0) is 74.3 Å². The van der Waals surface area contributed by atoms with E-state index in [0.717, 1.165) is 12.8 Å². The van der Waals surface area contributed by atoms with E-state index in [-0.39, 0.29) is 42.0 Å². The van der Waals surface area contributed by atoms with Gasteiger partial charge < -0.3 is 0 Å². The molecule has 0 saturated heterocycles. The first-order valence-electron chi connectivity index (χ1n) is 23.5. The summed E-state index contributed by atoms with van der Waals surface area (Å²) in [4.78, 5) is 0. The Labute approximate surface area is 384 Å². The standard InChI is InChI=1S/2C21H32P.C14H14.Zr/c2*1-3-5-7-11-15-22(16-12-8-6-4-2)21-17-19-13-9-10-14-20(19)18-21;1-3-7-13(8-4-1)11-12-14-9-5-2-6-10-14;/h2*9-10,13-14,17-18H,3-8,11-12,15-16H2,1-2H3;1-10H,11-12H2;/q2*-1;;+2. The van der Waals surface area contributed by atoms with Crippen LogP contribution in [0, 0.1) is 0 Å². The number of unbranched alkanes of at least 4 members (excludes halogenated alkanes) is 12. The molecule has 0 aromatic heterocycles. The third-order valence-electron chi connectivity index (χ3n) is 11.5. The molecular weight excluding hydrogens is 826 g/mol. The molecule has 0 nitrogen and oxygen atoms in total. The monoisotopic (exact) mass is 902 g/mol. The van der Waals surface area contributed by atoms with E-state index in [1.165, 1.54) is 160 Å². The van der Waals surface area contributed by atoms with Crippen LogP contribution in [-0.4, -0.2) is 24.6 Å². The molecule has 6 aromatic rings. The Kier molecular flexibility index (Phi) is 28.2. The van der Waals surface area contributed by atoms with Gasteiger partial charge >= 0.3 is 26.2 Å². The Morgan fingerprint density at radius 3 is 0.966 bits per heavy atom. The molecule has 0 aliphatic carbocycles. The minimum absolute atomic E-state index is 0. The zero-order valence-corrected chi connectivity index (χ0v) is 41.9. The van der Waals surface area contributed by atoms with Crippen molar-refractivity contribution >= 4 is 48.0 Å². The molecule has 0 atom stereocenters. The summed E-state index contributed by atoms with van der Waals surface area (Å²) in [5, 5.41) is 9.06. The molecule has 0 fully saturated rings. The van der Waals surface area contributed by atoms with Gasteiger partial charge in [-0.3, -0.25) is 0 Å². The van der Waals surface area contributed by atoms with E-state index in [4.69, 9.17) is 0 Å². The summed E-state index contributed by atoms with van der Waals surface area (Å²) in [6, 6.07) is 48.9. The van der Waals surface area contributed by atoms with Crippen LogP contribution in [0.15, 0.2) is 133 Å². The van der Waals surface area contributed by atoms with Gasteiger partial charge in [0.1, 0.15) is 0 Å². The SMILES string of the molecule is CCCCCCP(CCCCCC)c1cc2ccccc2[cH-]1.CCCCCCP(CCCCCC)c1cc2ccccc2[cH-]1.[Zr+2].c1ccc(CCc2ccccc2)cc1. The summed E-state index contributed by atoms with van der Waals surface area (Å²) < 4.78 is 0. The maximum atomic E-state index is 2.47. The van der Waals surface area contributed by atoms with E-state index in [1.807, 2.05) is 0 Å². The Balaban J connectivity index is 0.000000240. The van der Waals surface area contributed by atoms with Crippen molar-refractivity contribution in [2.75, 3.05) is 24.6 Å². The molecule has 0 heterocycles. The largest absolute Gasteiger partial charge is 2.00 e. The van der Waals surface area contributed by atoms with Crippen molar-refractivity contribution in [1.82, 2.24) is 0 Å². The van der Waals surface area contributed by atoms with Crippen LogP contribution in [0.5, 0.6) is 0 Å². The molecule has 0 radical (unpaired) electrons. The average molecular weight is 904 g/mol. The van der Waals surface area contributed by atoms with E-state index in [1.54, 1.807) is 10.6 Å². The van der Waals surface area contributed by atoms with Crippen molar-refractivity contribution in [2.45, 2.75) is 143 Å². The summed E-state index contributed by atoms with van der Waals surface area (Å²) >= 11 is 0. The molecule has 6 aromatic carbocycles. The van der Waals surface area contributed by atoms with Crippen LogP contribution in [0.25, 0.3) is 21.5 Å². The van der Waals surface area contributed by atoms with Gasteiger partial charge in [0.05, 0.1) is 0 Å². The normalized spacial score (nSPS) is 11.0. The molecule has 316 valence electrons. The predicted molar refractivity (Wildman–Crippen MR) is 269 cm³/mol. The zero-order chi connectivity index (χ0) is 40.9. The maximum absolute atomic E-state index is 2.47. The summed E-state index contributed by atoms with van der Waals surface area (Å²) in [7, 11) is 0.128. The average Bonchev–Trinajstić information content (AvgIpc) is 3.91. The van der Waals surface area contributed by atoms with Crippen molar-refractivity contribution < 1.29 is 26.2 Å². The zero-order valence-electron chi connectivity index (χ0n) is 37.7. The molecule has 0 saturated carbocycles. The summed E-state index contributed by atoms with van der Waals surface area (Å²) in [6.07, 6.45) is 30.4. The number of hydrogen-bond donors (Lipinski definition) is 0. The van der Waals surface area contributed by atoms with Crippen LogP contribution in [0.4, 0.5) is 0 Å². The Hall–Kier alpha value is -2.16. The van der Waals surface area contributed by atoms with Crippen molar-refractivity contribution in [3.63, 3.8) is 0 Å². The Bertz CT molecular complexity index is 1630. The number of fused-ring (bicyclic) bond motifs is 2. The van der Waals surface area contributed by atoms with Crippen LogP contribution in [0.2, 0.25) is 0 Å². The first kappa shape index (κ1) is 51.2. The van der Waals surface area contributed by atoms with Crippen molar-refractivity contribution in [3.8, 4) is 0 Å². The van der Waals surface area contributed by atoms with Gasteiger partial charge in [-0.1, -0.05) is 193 Å². The molecule has 0 aliphatic rings. The van der Waals surface area contributed by atoms with Gasteiger partial charge in [0.15, 0.2) is 0 Å². The van der Waals surface area contributed by atoms with Crippen molar-refractivity contribution in [3.05, 3.63) is 145 Å². The molecule has 6 rings (SSSR count). The second-order valence-corrected chi connectivity index (χ2v) is 21.4. The van der Waals surface area contributed by atoms with Crippen LogP contribution in [0.1, 0.15) is 142 Å². The fraction of sp³-hybridized carbons (Fsp3) is 0.464. The summed E-state index contributed by atoms with van der Waals surface area (Å²) in [5.41, 5.74) is 2.83. The van der Waals surface area contributed by atoms with Crippen molar-refractivity contribution in [1.29, 1.82) is 0 Å². The molecule has 0 aliphatic heterocycles. The van der Waals surface area contributed by atoms with Crippen LogP contribution in [0.3, 0.4) is 0 Å². The van der Waals surface area contributed by atoms with E-state index in [2.05, 4.69) is 161 Å². The van der Waals surface area contributed by atoms with Gasteiger partial charge in [-0.2, -0.15) is 12.1 Å². The maximum Gasteiger partial charge on any atom is 2.00 e. The van der Waals surface area contributed by atoms with Crippen molar-refractivity contribution in [2.24, 2.45) is 0 Å². The fourth-order valence-electron chi connectivity index (χ4n) is 7.87. The van der Waals surface area contributed by atoms with E-state index in [0.29, 0.717) is 0 Å². The number of benzene rings is 4. The third-order valence-corrected chi connectivity index (χ3v) is 16.9. The Morgan fingerprint density at radius 1 is 0.356 bits per heavy atom. The quantitative estimate of drug-likeness (QED) is 0.0305. The van der Waals surface area contributed by atoms with E-state index in [9.17, 15) is 0 Å². The van der Waals surface area contributed by atoms with Crippen LogP contribution >= 0.6 is 15.8 Å². The fourth-order valence-corrected chi connectivity index (χ4v) is 13.1. The number of hydrogen-bond acceptors (Lipinski definition) is 0. The van der Waals surface area contributed by atoms with Gasteiger partial charge in [0.2, 0.25) is 0 Å². The van der Waals surface area contributed by atoms with Gasteiger partial charge in [0, 0.05) is 0 Å². The topological polar surface area (TPSA) is 0 Å². The molecule has 0 bridgehead atoms. The van der Waals surface area contributed by atoms with E-state index < -0.39 is 0 Å². The molecule has 0 unspecified atom stereocenters. The first-order valence-corrected chi connectivity index (χ1v) is 27.0. The minimum atomic E-state index is 0. The number of rotatable bonds is 25. The summed E-state index contributed by atoms with van der Waals surface area (Å²) in [5.74, 6) is 0.